The molecule has 0 heterocycles. The van der Waals surface area contributed by atoms with Crippen molar-refractivity contribution >= 4 is 63.9 Å². The Hall–Kier alpha value is 2.18. The summed E-state index contributed by atoms with van der Waals surface area (Å²) in [6.45, 7) is 0. The molecule has 0 saturated heterocycles. The Morgan fingerprint density at radius 1 is 1.25 bits per heavy atom. The van der Waals surface area contributed by atoms with Gasteiger partial charge >= 0.3 is 0 Å². The van der Waals surface area contributed by atoms with Crippen LogP contribution in [0.5, 0.6) is 0 Å². The van der Waals surface area contributed by atoms with E-state index in [2.05, 4.69) is 12.5 Å². The molecule has 0 bridgehead atoms. The zero-order valence-electron chi connectivity index (χ0n) is 2.19. The number of hydrogen-bond acceptors (Lipinski definition) is 2. The predicted octanol–water partition coefficient (Wildman–Crippen LogP) is -0.720. The summed E-state index contributed by atoms with van der Waals surface area (Å²) in [6.07, 6.45) is 0. The predicted molar refractivity (Wildman–Crippen MR) is 13.9 cm³/mol. The van der Waals surface area contributed by atoms with E-state index in [0.29, 0.717) is 0 Å². The monoisotopic (exact) mass is 142 g/mol. The van der Waals surface area contributed by atoms with Gasteiger partial charge in [-0.3, -0.25) is 0 Å². The Bertz CT molecular complexity index is 8.00. The van der Waals surface area contributed by atoms with Crippen molar-refractivity contribution in [3.8, 4) is 0 Å². The molecule has 0 amide bonds. The van der Waals surface area contributed by atoms with Crippen LogP contribution < -0.4 is 0 Å². The second-order valence-electron chi connectivity index (χ2n) is 0. The quantitative estimate of drug-likeness (QED) is 0.415. The van der Waals surface area contributed by atoms with Gasteiger partial charge in [0.2, 0.25) is 0 Å². The third kappa shape index (κ3) is 8.90. The summed E-state index contributed by atoms with van der Waals surface area (Å²) < 4.78 is 7.83. The van der Waals surface area contributed by atoms with E-state index in [0.717, 1.165) is 0 Å². The fourth-order valence-corrected chi connectivity index (χ4v) is 0. The zero-order chi connectivity index (χ0) is 2.00. The molecule has 4 heavy (non-hydrogen) atoms. The van der Waals surface area contributed by atoms with E-state index in [4.69, 9.17) is 4.21 Å². The first-order chi connectivity index (χ1) is 1.00. The molecule has 0 atom stereocenters. The Balaban J connectivity index is -0.00000000500. The van der Waals surface area contributed by atoms with E-state index in [1.165, 1.54) is 0 Å². The van der Waals surface area contributed by atoms with Crippen LogP contribution in [0, 0.1) is 0 Å². The largest absolute Gasteiger partial charge is 0.197 e. The number of hydrogen-bond donors (Lipinski definition) is 0. The maximum absolute atomic E-state index is 7.83. The first-order valence-corrected chi connectivity index (χ1v) is 0.500. The first kappa shape index (κ1) is 16.4. The number of rotatable bonds is 0. The molecule has 4 heteroatoms. The van der Waals surface area contributed by atoms with E-state index in [-0.39, 0.29) is 68.5 Å². The van der Waals surface area contributed by atoms with Gasteiger partial charge in [-0.05, 0) is 0 Å². The standard InChI is InChI=1S/K.Mn.OS/c;;1-2. The molecule has 0 aliphatic carbocycles. The van der Waals surface area contributed by atoms with Crippen molar-refractivity contribution in [2.75, 3.05) is 0 Å². The fraction of sp³-hybridized carbons (Fsp3) is 0. The van der Waals surface area contributed by atoms with Crippen LogP contribution in [0.1, 0.15) is 0 Å². The SMILES string of the molecule is O=S.[K].[Mn]. The zero-order valence-corrected chi connectivity index (χ0v) is 7.31. The van der Waals surface area contributed by atoms with Gasteiger partial charge in [-0.2, -0.15) is 4.21 Å². The average Bonchev–Trinajstić information content (AvgIpc) is 1.00. The molecule has 0 aromatic heterocycles. The second-order valence-corrected chi connectivity index (χ2v) is 0. The normalized spacial score (nSPS) is 1.00. The van der Waals surface area contributed by atoms with Gasteiger partial charge in [-0.15, -0.1) is 0 Å². The average molecular weight is 142 g/mol. The Morgan fingerprint density at radius 2 is 1.25 bits per heavy atom. The third-order valence-electron chi connectivity index (χ3n) is 0. The molecule has 0 saturated carbocycles. The van der Waals surface area contributed by atoms with Crippen molar-refractivity contribution < 1.29 is 21.3 Å². The molecule has 0 spiro atoms. The summed E-state index contributed by atoms with van der Waals surface area (Å²) in [5.41, 5.74) is 0. The van der Waals surface area contributed by atoms with Crippen molar-refractivity contribution in [3.63, 3.8) is 0 Å². The van der Waals surface area contributed by atoms with Gasteiger partial charge in [0, 0.05) is 68.5 Å². The van der Waals surface area contributed by atoms with Crippen LogP contribution >= 0.6 is 0 Å². The van der Waals surface area contributed by atoms with Crippen molar-refractivity contribution in [1.29, 1.82) is 0 Å². The topological polar surface area (TPSA) is 17.1 Å². The Kier molecular flexibility index (Phi) is 78.2. The van der Waals surface area contributed by atoms with Gasteiger partial charge < -0.3 is 0 Å². The van der Waals surface area contributed by atoms with Crippen LogP contribution in [0.15, 0.2) is 0 Å². The van der Waals surface area contributed by atoms with Gasteiger partial charge in [0.25, 0.3) is 0 Å². The molecule has 2 radical (unpaired) electrons. The minimum Gasteiger partial charge on any atom is -0.197 e. The van der Waals surface area contributed by atoms with Crippen molar-refractivity contribution in [2.24, 2.45) is 0 Å². The van der Waals surface area contributed by atoms with Crippen molar-refractivity contribution in [3.05, 3.63) is 0 Å². The molecule has 0 aliphatic rings. The smallest absolute Gasteiger partial charge is 0.197 e. The maximum Gasteiger partial charge on any atom is 0.197 e. The van der Waals surface area contributed by atoms with E-state index < -0.39 is 0 Å². The van der Waals surface area contributed by atoms with E-state index in [9.17, 15) is 0 Å². The van der Waals surface area contributed by atoms with Crippen molar-refractivity contribution in [1.82, 2.24) is 0 Å². The first-order valence-electron chi connectivity index (χ1n) is 0.167. The summed E-state index contributed by atoms with van der Waals surface area (Å²) in [6, 6.07) is 0. The van der Waals surface area contributed by atoms with Gasteiger partial charge in [0.05, 0.1) is 0 Å². The summed E-state index contributed by atoms with van der Waals surface area (Å²) in [4.78, 5) is 0. The second kappa shape index (κ2) is 19.1. The molecular weight excluding hydrogens is 142 g/mol. The van der Waals surface area contributed by atoms with Crippen LogP contribution in [0.25, 0.3) is 0 Å². The summed E-state index contributed by atoms with van der Waals surface area (Å²) in [7, 11) is 0. The molecule has 0 N–H and O–H groups in total. The van der Waals surface area contributed by atoms with Crippen molar-refractivity contribution in [2.45, 2.75) is 0 Å². The summed E-state index contributed by atoms with van der Waals surface area (Å²) in [5.74, 6) is 0. The molecule has 0 fully saturated rings. The Morgan fingerprint density at radius 3 is 1.25 bits per heavy atom. The van der Waals surface area contributed by atoms with Gasteiger partial charge in [-0.1, -0.05) is 0 Å². The van der Waals surface area contributed by atoms with Crippen LogP contribution in [-0.4, -0.2) is 55.6 Å². The van der Waals surface area contributed by atoms with Crippen LogP contribution in [-0.2, 0) is 29.6 Å². The van der Waals surface area contributed by atoms with Gasteiger partial charge in [0.15, 0.2) is 12.5 Å². The van der Waals surface area contributed by atoms with E-state index in [1.54, 1.807) is 0 Å². The van der Waals surface area contributed by atoms with Crippen LogP contribution in [0.2, 0.25) is 0 Å². The maximum atomic E-state index is 7.83. The molecule has 1 nitrogen and oxygen atoms in total. The van der Waals surface area contributed by atoms with Gasteiger partial charge in [-0.25, -0.2) is 0 Å². The molecule has 0 aliphatic heterocycles. The molecule has 0 rings (SSSR count). The minimum atomic E-state index is 0. The molecule has 0 aromatic carbocycles. The molecule has 0 aromatic rings. The van der Waals surface area contributed by atoms with Gasteiger partial charge in [0.1, 0.15) is 0 Å². The molecular formula is KMnOS. The molecule has 0 unspecified atom stereocenters. The Labute approximate surface area is 83.3 Å². The van der Waals surface area contributed by atoms with Crippen LogP contribution in [0.4, 0.5) is 0 Å². The summed E-state index contributed by atoms with van der Waals surface area (Å²) >= 11 is 2.83. The third-order valence-corrected chi connectivity index (χ3v) is 0. The molecule has 20 valence electrons. The van der Waals surface area contributed by atoms with E-state index >= 15 is 0 Å². The van der Waals surface area contributed by atoms with Crippen LogP contribution in [0.3, 0.4) is 0 Å². The fourth-order valence-electron chi connectivity index (χ4n) is 0. The van der Waals surface area contributed by atoms with E-state index in [1.807, 2.05) is 0 Å². The summed E-state index contributed by atoms with van der Waals surface area (Å²) in [5, 5.41) is 0. The minimum absolute atomic E-state index is 0.